The lowest BCUT2D eigenvalue weighted by atomic mass is 10.0. The number of aromatic amines is 1. The SMILES string of the molecule is COc1c(F)cccc1Nc1c(-c2ccncc2OC[C@@H]2CN(C(=O)OC(C)(C)C)CCO2)[nH]c2c1C(=O)NCC2. The largest absolute Gasteiger partial charge is 0.492 e. The molecule has 0 unspecified atom stereocenters. The maximum absolute atomic E-state index is 14.5. The van der Waals surface area contributed by atoms with Gasteiger partial charge in [0.05, 0.1) is 49.1 Å². The van der Waals surface area contributed by atoms with E-state index in [4.69, 9.17) is 18.9 Å². The summed E-state index contributed by atoms with van der Waals surface area (Å²) in [5, 5.41) is 6.10. The van der Waals surface area contributed by atoms with Gasteiger partial charge in [0.2, 0.25) is 0 Å². The second kappa shape index (κ2) is 11.7. The van der Waals surface area contributed by atoms with Crippen molar-refractivity contribution in [1.29, 1.82) is 0 Å². The van der Waals surface area contributed by atoms with Crippen LogP contribution in [0, 0.1) is 5.82 Å². The number of hydrogen-bond donors (Lipinski definition) is 3. The van der Waals surface area contributed by atoms with Gasteiger partial charge in [-0.15, -0.1) is 0 Å². The van der Waals surface area contributed by atoms with Crippen molar-refractivity contribution in [2.45, 2.75) is 38.9 Å². The number of nitrogens with one attached hydrogen (secondary N) is 3. The Bertz CT molecular complexity index is 1440. The number of ether oxygens (including phenoxy) is 4. The van der Waals surface area contributed by atoms with Crippen LogP contribution in [0.4, 0.5) is 20.6 Å². The minimum absolute atomic E-state index is 0.0276. The van der Waals surface area contributed by atoms with E-state index < -0.39 is 17.5 Å². The molecule has 3 N–H and O–H groups in total. The van der Waals surface area contributed by atoms with Crippen molar-refractivity contribution in [3.63, 3.8) is 0 Å². The molecule has 1 atom stereocenters. The van der Waals surface area contributed by atoms with Crippen LogP contribution >= 0.6 is 0 Å². The molecule has 11 nitrogen and oxygen atoms in total. The number of benzene rings is 1. The fraction of sp³-hybridized carbons (Fsp3) is 0.414. The van der Waals surface area contributed by atoms with Crippen molar-refractivity contribution >= 4 is 23.4 Å². The number of fused-ring (bicyclic) bond motifs is 1. The van der Waals surface area contributed by atoms with E-state index in [9.17, 15) is 14.0 Å². The molecule has 0 aliphatic carbocycles. The highest BCUT2D eigenvalue weighted by molar-refractivity contribution is 6.06. The number of hydrogen-bond acceptors (Lipinski definition) is 8. The topological polar surface area (TPSA) is 127 Å². The van der Waals surface area contributed by atoms with Gasteiger partial charge < -0.3 is 39.5 Å². The summed E-state index contributed by atoms with van der Waals surface area (Å²) in [4.78, 5) is 34.8. The molecule has 5 rings (SSSR count). The average Bonchev–Trinajstić information content (AvgIpc) is 3.30. The van der Waals surface area contributed by atoms with Crippen LogP contribution in [0.15, 0.2) is 36.7 Å². The Morgan fingerprint density at radius 1 is 1.29 bits per heavy atom. The van der Waals surface area contributed by atoms with E-state index in [1.54, 1.807) is 35.5 Å². The Labute approximate surface area is 237 Å². The molecular weight excluding hydrogens is 533 g/mol. The van der Waals surface area contributed by atoms with Crippen LogP contribution in [0.3, 0.4) is 0 Å². The molecule has 1 saturated heterocycles. The smallest absolute Gasteiger partial charge is 0.410 e. The molecule has 12 heteroatoms. The van der Waals surface area contributed by atoms with Gasteiger partial charge in [0.25, 0.3) is 5.91 Å². The normalized spacial score (nSPS) is 17.0. The highest BCUT2D eigenvalue weighted by atomic mass is 19.1. The van der Waals surface area contributed by atoms with Gasteiger partial charge in [-0.05, 0) is 39.0 Å². The van der Waals surface area contributed by atoms with Gasteiger partial charge in [0.1, 0.15) is 24.1 Å². The van der Waals surface area contributed by atoms with E-state index in [-0.39, 0.29) is 24.4 Å². The van der Waals surface area contributed by atoms with Crippen molar-refractivity contribution in [1.82, 2.24) is 20.2 Å². The predicted octanol–water partition coefficient (Wildman–Crippen LogP) is 4.27. The summed E-state index contributed by atoms with van der Waals surface area (Å²) in [6, 6.07) is 6.31. The van der Waals surface area contributed by atoms with E-state index in [1.165, 1.54) is 13.2 Å². The highest BCUT2D eigenvalue weighted by Gasteiger charge is 2.31. The van der Waals surface area contributed by atoms with Crippen molar-refractivity contribution in [3.8, 4) is 22.8 Å². The number of rotatable bonds is 7. The standard InChI is InChI=1S/C29H34FN5O6/c1-29(2,3)41-28(37)35-12-13-39-17(15-35)16-40-22-14-31-10-8-18(22)24-25(23-20(33-24)9-11-32-27(23)36)34-21-7-5-6-19(30)26(21)38-4/h5-8,10,14,17,33-34H,9,11-13,15-16H2,1-4H3,(H,32,36)/t17-/m0/s1. The predicted molar refractivity (Wildman–Crippen MR) is 149 cm³/mol. The van der Waals surface area contributed by atoms with Gasteiger partial charge in [0.15, 0.2) is 11.6 Å². The van der Waals surface area contributed by atoms with Gasteiger partial charge in [-0.3, -0.25) is 9.78 Å². The molecule has 218 valence electrons. The van der Waals surface area contributed by atoms with Crippen molar-refractivity contribution in [3.05, 3.63) is 53.7 Å². The lowest BCUT2D eigenvalue weighted by Gasteiger charge is -2.34. The molecule has 0 spiro atoms. The molecule has 0 saturated carbocycles. The zero-order chi connectivity index (χ0) is 29.1. The molecule has 2 aromatic heterocycles. The van der Waals surface area contributed by atoms with Gasteiger partial charge in [0, 0.05) is 37.0 Å². The third-order valence-electron chi connectivity index (χ3n) is 6.67. The first-order valence-corrected chi connectivity index (χ1v) is 13.4. The number of pyridine rings is 1. The number of para-hydroxylation sites is 1. The van der Waals surface area contributed by atoms with Crippen LogP contribution in [0.2, 0.25) is 0 Å². The number of morpholine rings is 1. The summed E-state index contributed by atoms with van der Waals surface area (Å²) in [6.07, 6.45) is 3.01. The minimum Gasteiger partial charge on any atom is -0.492 e. The first kappa shape index (κ1) is 28.2. The lowest BCUT2D eigenvalue weighted by molar-refractivity contribution is -0.0556. The van der Waals surface area contributed by atoms with E-state index in [1.807, 2.05) is 20.8 Å². The van der Waals surface area contributed by atoms with Crippen LogP contribution in [0.5, 0.6) is 11.5 Å². The maximum Gasteiger partial charge on any atom is 0.410 e. The third kappa shape index (κ3) is 6.22. The molecule has 1 fully saturated rings. The number of anilines is 2. The van der Waals surface area contributed by atoms with Crippen LogP contribution in [0.25, 0.3) is 11.3 Å². The summed E-state index contributed by atoms with van der Waals surface area (Å²) < 4.78 is 37.3. The van der Waals surface area contributed by atoms with E-state index in [0.717, 1.165) is 5.69 Å². The number of carbonyl (C=O) groups is 2. The number of carbonyl (C=O) groups excluding carboxylic acids is 2. The molecule has 3 aromatic rings. The fourth-order valence-electron chi connectivity index (χ4n) is 4.85. The number of methoxy groups -OCH3 is 1. The monoisotopic (exact) mass is 567 g/mol. The van der Waals surface area contributed by atoms with Gasteiger partial charge in [-0.1, -0.05) is 6.07 Å². The minimum atomic E-state index is -0.598. The quantitative estimate of drug-likeness (QED) is 0.387. The van der Waals surface area contributed by atoms with Crippen molar-refractivity contribution < 1.29 is 32.9 Å². The first-order chi connectivity index (χ1) is 19.6. The molecule has 2 aliphatic heterocycles. The Hall–Kier alpha value is -4.32. The van der Waals surface area contributed by atoms with Gasteiger partial charge >= 0.3 is 6.09 Å². The number of aromatic nitrogens is 2. The molecule has 41 heavy (non-hydrogen) atoms. The average molecular weight is 568 g/mol. The number of H-pyrrole nitrogens is 1. The molecule has 2 amide bonds. The summed E-state index contributed by atoms with van der Waals surface area (Å²) in [6.45, 7) is 7.21. The Morgan fingerprint density at radius 2 is 2.12 bits per heavy atom. The molecule has 0 bridgehead atoms. The Balaban J connectivity index is 1.42. The number of amides is 2. The number of halogens is 1. The van der Waals surface area contributed by atoms with Crippen LogP contribution in [-0.4, -0.2) is 78.5 Å². The van der Waals surface area contributed by atoms with Crippen LogP contribution in [-0.2, 0) is 15.9 Å². The molecular formula is C29H34FN5O6. The highest BCUT2D eigenvalue weighted by Crippen LogP contribution is 2.42. The molecule has 1 aromatic carbocycles. The van der Waals surface area contributed by atoms with Gasteiger partial charge in [-0.2, -0.15) is 0 Å². The third-order valence-corrected chi connectivity index (χ3v) is 6.67. The molecule has 4 heterocycles. The summed E-state index contributed by atoms with van der Waals surface area (Å²) in [7, 11) is 1.38. The van der Waals surface area contributed by atoms with Gasteiger partial charge in [-0.25, -0.2) is 9.18 Å². The second-order valence-corrected chi connectivity index (χ2v) is 10.8. The van der Waals surface area contributed by atoms with Crippen LogP contribution < -0.4 is 20.1 Å². The second-order valence-electron chi connectivity index (χ2n) is 10.8. The summed E-state index contributed by atoms with van der Waals surface area (Å²) in [5.74, 6) is -0.312. The van der Waals surface area contributed by atoms with E-state index in [0.29, 0.717) is 66.6 Å². The van der Waals surface area contributed by atoms with Crippen LogP contribution in [0.1, 0.15) is 36.8 Å². The fourth-order valence-corrected chi connectivity index (χ4v) is 4.85. The molecule has 2 aliphatic rings. The first-order valence-electron chi connectivity index (χ1n) is 13.4. The summed E-state index contributed by atoms with van der Waals surface area (Å²) >= 11 is 0. The van der Waals surface area contributed by atoms with Crippen molar-refractivity contribution in [2.75, 3.05) is 45.3 Å². The Morgan fingerprint density at radius 3 is 2.90 bits per heavy atom. The summed E-state index contributed by atoms with van der Waals surface area (Å²) in [5.41, 5.74) is 2.62. The van der Waals surface area contributed by atoms with Crippen molar-refractivity contribution in [2.24, 2.45) is 0 Å². The number of nitrogens with zero attached hydrogens (tertiary/aromatic N) is 2. The Kier molecular flexibility index (Phi) is 8.02. The maximum atomic E-state index is 14.5. The zero-order valence-corrected chi connectivity index (χ0v) is 23.5. The zero-order valence-electron chi connectivity index (χ0n) is 23.5. The molecule has 0 radical (unpaired) electrons. The van der Waals surface area contributed by atoms with E-state index in [2.05, 4.69) is 20.6 Å². The lowest BCUT2D eigenvalue weighted by Crippen LogP contribution is -2.49. The van der Waals surface area contributed by atoms with E-state index >= 15 is 0 Å².